The normalized spacial score (nSPS) is 21.2. The molecule has 2 rings (SSSR count). The summed E-state index contributed by atoms with van der Waals surface area (Å²) in [7, 11) is 0. The molecule has 1 aromatic carbocycles. The van der Waals surface area contributed by atoms with Crippen LogP contribution >= 0.6 is 11.6 Å². The number of benzene rings is 1. The molecule has 0 radical (unpaired) electrons. The lowest BCUT2D eigenvalue weighted by molar-refractivity contribution is 0.136. The average Bonchev–Trinajstić information content (AvgIpc) is 2.36. The SMILES string of the molecule is Cc1ccc(C)c(CN2CCCCC2CCCl)c1. The standard InChI is InChI=1S/C16H24ClN/c1-13-6-7-14(2)15(11-13)12-18-10-4-3-5-16(18)8-9-17/h6-7,11,16H,3-5,8-10,12H2,1-2H3. The highest BCUT2D eigenvalue weighted by atomic mass is 35.5. The Morgan fingerprint density at radius 2 is 2.11 bits per heavy atom. The zero-order valence-electron chi connectivity index (χ0n) is 11.6. The molecule has 1 aromatic rings. The Morgan fingerprint density at radius 3 is 2.89 bits per heavy atom. The number of piperidine rings is 1. The number of nitrogens with zero attached hydrogens (tertiary/aromatic N) is 1. The summed E-state index contributed by atoms with van der Waals surface area (Å²) in [6.07, 6.45) is 5.15. The van der Waals surface area contributed by atoms with Gasteiger partial charge in [-0.2, -0.15) is 0 Å². The first kappa shape index (κ1) is 13.9. The minimum absolute atomic E-state index is 0.691. The van der Waals surface area contributed by atoms with Gasteiger partial charge in [0.15, 0.2) is 0 Å². The first-order chi connectivity index (χ1) is 8.70. The van der Waals surface area contributed by atoms with Crippen molar-refractivity contribution >= 4 is 11.6 Å². The highest BCUT2D eigenvalue weighted by Crippen LogP contribution is 2.23. The molecule has 1 saturated heterocycles. The molecule has 1 nitrogen and oxygen atoms in total. The second-order valence-electron chi connectivity index (χ2n) is 5.53. The van der Waals surface area contributed by atoms with Crippen molar-refractivity contribution in [2.45, 2.75) is 52.1 Å². The van der Waals surface area contributed by atoms with Crippen LogP contribution in [0.1, 0.15) is 42.4 Å². The number of alkyl halides is 1. The predicted octanol–water partition coefficient (Wildman–Crippen LogP) is 4.29. The van der Waals surface area contributed by atoms with Gasteiger partial charge < -0.3 is 0 Å². The van der Waals surface area contributed by atoms with Gasteiger partial charge in [0, 0.05) is 18.5 Å². The van der Waals surface area contributed by atoms with Gasteiger partial charge in [-0.05, 0) is 50.8 Å². The number of hydrogen-bond donors (Lipinski definition) is 0. The van der Waals surface area contributed by atoms with E-state index in [2.05, 4.69) is 36.9 Å². The number of halogens is 1. The van der Waals surface area contributed by atoms with Gasteiger partial charge in [-0.15, -0.1) is 11.6 Å². The number of aryl methyl sites for hydroxylation is 2. The lowest BCUT2D eigenvalue weighted by Crippen LogP contribution is -2.39. The molecule has 2 heteroatoms. The minimum atomic E-state index is 0.691. The van der Waals surface area contributed by atoms with Crippen LogP contribution in [-0.2, 0) is 6.54 Å². The van der Waals surface area contributed by atoms with Crippen LogP contribution in [0.4, 0.5) is 0 Å². The molecule has 1 aliphatic rings. The van der Waals surface area contributed by atoms with Crippen molar-refractivity contribution in [3.8, 4) is 0 Å². The highest BCUT2D eigenvalue weighted by Gasteiger charge is 2.22. The molecule has 0 aromatic heterocycles. The van der Waals surface area contributed by atoms with Gasteiger partial charge in [0.1, 0.15) is 0 Å². The quantitative estimate of drug-likeness (QED) is 0.735. The van der Waals surface area contributed by atoms with Crippen LogP contribution in [0, 0.1) is 13.8 Å². The zero-order chi connectivity index (χ0) is 13.0. The molecule has 0 N–H and O–H groups in total. The molecule has 0 saturated carbocycles. The molecule has 0 aliphatic carbocycles. The summed E-state index contributed by atoms with van der Waals surface area (Å²) in [5, 5.41) is 0. The van der Waals surface area contributed by atoms with E-state index in [1.165, 1.54) is 42.5 Å². The van der Waals surface area contributed by atoms with Crippen molar-refractivity contribution < 1.29 is 0 Å². The Morgan fingerprint density at radius 1 is 1.28 bits per heavy atom. The monoisotopic (exact) mass is 265 g/mol. The topological polar surface area (TPSA) is 3.24 Å². The van der Waals surface area contributed by atoms with E-state index in [1.54, 1.807) is 0 Å². The fourth-order valence-corrected chi connectivity index (χ4v) is 3.16. The minimum Gasteiger partial charge on any atom is -0.296 e. The Kier molecular flexibility index (Phi) is 5.08. The molecule has 100 valence electrons. The second-order valence-corrected chi connectivity index (χ2v) is 5.91. The molecular weight excluding hydrogens is 242 g/mol. The number of likely N-dealkylation sites (tertiary alicyclic amines) is 1. The molecule has 1 unspecified atom stereocenters. The zero-order valence-corrected chi connectivity index (χ0v) is 12.3. The van der Waals surface area contributed by atoms with Gasteiger partial charge in [0.25, 0.3) is 0 Å². The first-order valence-corrected chi connectivity index (χ1v) is 7.60. The number of hydrogen-bond acceptors (Lipinski definition) is 1. The lowest BCUT2D eigenvalue weighted by atomic mass is 9.97. The first-order valence-electron chi connectivity index (χ1n) is 7.07. The Hall–Kier alpha value is -0.530. The smallest absolute Gasteiger partial charge is 0.0239 e. The Bertz CT molecular complexity index is 387. The summed E-state index contributed by atoms with van der Waals surface area (Å²) in [6, 6.07) is 7.47. The molecule has 1 heterocycles. The lowest BCUT2D eigenvalue weighted by Gasteiger charge is -2.36. The molecule has 0 amide bonds. The van der Waals surface area contributed by atoms with Crippen molar-refractivity contribution in [3.63, 3.8) is 0 Å². The maximum absolute atomic E-state index is 5.93. The molecule has 0 bridgehead atoms. The highest BCUT2D eigenvalue weighted by molar-refractivity contribution is 6.17. The van der Waals surface area contributed by atoms with Crippen molar-refractivity contribution in [2.24, 2.45) is 0 Å². The van der Waals surface area contributed by atoms with Gasteiger partial charge in [-0.25, -0.2) is 0 Å². The van der Waals surface area contributed by atoms with E-state index in [9.17, 15) is 0 Å². The van der Waals surface area contributed by atoms with E-state index >= 15 is 0 Å². The van der Waals surface area contributed by atoms with Crippen molar-refractivity contribution in [3.05, 3.63) is 34.9 Å². The van der Waals surface area contributed by atoms with E-state index < -0.39 is 0 Å². The van der Waals surface area contributed by atoms with E-state index in [0.29, 0.717) is 6.04 Å². The van der Waals surface area contributed by atoms with E-state index in [4.69, 9.17) is 11.6 Å². The third kappa shape index (κ3) is 3.49. The maximum atomic E-state index is 5.93. The van der Waals surface area contributed by atoms with Gasteiger partial charge in [0.05, 0.1) is 0 Å². The van der Waals surface area contributed by atoms with E-state index in [0.717, 1.165) is 18.8 Å². The molecule has 18 heavy (non-hydrogen) atoms. The van der Waals surface area contributed by atoms with Gasteiger partial charge in [-0.3, -0.25) is 4.90 Å². The van der Waals surface area contributed by atoms with Crippen LogP contribution in [0.25, 0.3) is 0 Å². The Balaban J connectivity index is 2.08. The van der Waals surface area contributed by atoms with E-state index in [1.807, 2.05) is 0 Å². The van der Waals surface area contributed by atoms with Crippen molar-refractivity contribution in [1.29, 1.82) is 0 Å². The fraction of sp³-hybridized carbons (Fsp3) is 0.625. The van der Waals surface area contributed by atoms with Crippen LogP contribution in [-0.4, -0.2) is 23.4 Å². The number of rotatable bonds is 4. The summed E-state index contributed by atoms with van der Waals surface area (Å²) in [5.74, 6) is 0.786. The van der Waals surface area contributed by atoms with Crippen molar-refractivity contribution in [2.75, 3.05) is 12.4 Å². The summed E-state index contributed by atoms with van der Waals surface area (Å²) in [5.41, 5.74) is 4.26. The van der Waals surface area contributed by atoms with Crippen LogP contribution < -0.4 is 0 Å². The third-order valence-corrected chi connectivity index (χ3v) is 4.29. The average molecular weight is 266 g/mol. The van der Waals surface area contributed by atoms with E-state index in [-0.39, 0.29) is 0 Å². The summed E-state index contributed by atoms with van der Waals surface area (Å²) in [4.78, 5) is 2.63. The summed E-state index contributed by atoms with van der Waals surface area (Å²) >= 11 is 5.93. The van der Waals surface area contributed by atoms with Crippen LogP contribution in [0.2, 0.25) is 0 Å². The summed E-state index contributed by atoms with van der Waals surface area (Å²) < 4.78 is 0. The summed E-state index contributed by atoms with van der Waals surface area (Å²) in [6.45, 7) is 6.72. The van der Waals surface area contributed by atoms with Gasteiger partial charge >= 0.3 is 0 Å². The molecule has 1 fully saturated rings. The molecule has 1 aliphatic heterocycles. The molecular formula is C16H24ClN. The largest absolute Gasteiger partial charge is 0.296 e. The van der Waals surface area contributed by atoms with Crippen LogP contribution in [0.15, 0.2) is 18.2 Å². The maximum Gasteiger partial charge on any atom is 0.0239 e. The fourth-order valence-electron chi connectivity index (χ4n) is 2.91. The van der Waals surface area contributed by atoms with Crippen molar-refractivity contribution in [1.82, 2.24) is 4.90 Å². The second kappa shape index (κ2) is 6.58. The van der Waals surface area contributed by atoms with Gasteiger partial charge in [-0.1, -0.05) is 30.2 Å². The van der Waals surface area contributed by atoms with Crippen LogP contribution in [0.3, 0.4) is 0 Å². The predicted molar refractivity (Wildman–Crippen MR) is 79.3 cm³/mol. The Labute approximate surface area is 116 Å². The van der Waals surface area contributed by atoms with Gasteiger partial charge in [0.2, 0.25) is 0 Å². The van der Waals surface area contributed by atoms with Crippen LogP contribution in [0.5, 0.6) is 0 Å². The third-order valence-electron chi connectivity index (χ3n) is 4.07. The molecule has 1 atom stereocenters. The molecule has 0 spiro atoms.